The molecule has 0 spiro atoms. The first kappa shape index (κ1) is 12.4. The van der Waals surface area contributed by atoms with Crippen LogP contribution in [0.5, 0.6) is 0 Å². The maximum Gasteiger partial charge on any atom is 0.416 e. The molecular weight excluding hydrogens is 223 g/mol. The van der Waals surface area contributed by atoms with E-state index in [2.05, 4.69) is 10.1 Å². The molecule has 0 radical (unpaired) electrons. The van der Waals surface area contributed by atoms with Crippen molar-refractivity contribution in [2.45, 2.75) is 13.1 Å². The van der Waals surface area contributed by atoms with Gasteiger partial charge in [-0.2, -0.15) is 13.2 Å². The third kappa shape index (κ3) is 2.88. The first-order valence-corrected chi connectivity index (χ1v) is 4.37. The fraction of sp³-hybridized carbons (Fsp3) is 0.300. The molecule has 1 amide bonds. The lowest BCUT2D eigenvalue weighted by Gasteiger charge is -2.12. The van der Waals surface area contributed by atoms with Gasteiger partial charge in [0, 0.05) is 5.69 Å². The molecule has 0 fully saturated rings. The van der Waals surface area contributed by atoms with Crippen LogP contribution in [0, 0.1) is 6.92 Å². The van der Waals surface area contributed by atoms with Gasteiger partial charge >= 0.3 is 12.3 Å². The van der Waals surface area contributed by atoms with Crippen molar-refractivity contribution in [2.24, 2.45) is 0 Å². The number of methoxy groups -OCH3 is 1. The molecule has 1 N–H and O–H groups in total. The lowest BCUT2D eigenvalue weighted by atomic mass is 10.1. The summed E-state index contributed by atoms with van der Waals surface area (Å²) in [6, 6.07) is 3.53. The summed E-state index contributed by atoms with van der Waals surface area (Å²) in [4.78, 5) is 10.8. The minimum Gasteiger partial charge on any atom is -0.453 e. The highest BCUT2D eigenvalue weighted by Crippen LogP contribution is 2.33. The Hall–Kier alpha value is -1.72. The van der Waals surface area contributed by atoms with Crippen molar-refractivity contribution < 1.29 is 22.7 Å². The van der Waals surface area contributed by atoms with Crippen LogP contribution in [0.25, 0.3) is 0 Å². The normalized spacial score (nSPS) is 11.1. The standard InChI is InChI=1S/C10H10F3NO2/c1-6-3-4-7(14-9(15)16-2)5-8(6)10(11,12)13/h3-5H,1-2H3,(H,14,15). The van der Waals surface area contributed by atoms with Crippen LogP contribution in [-0.2, 0) is 10.9 Å². The number of anilines is 1. The zero-order chi connectivity index (χ0) is 12.3. The summed E-state index contributed by atoms with van der Waals surface area (Å²) in [5.74, 6) is 0. The van der Waals surface area contributed by atoms with Crippen LogP contribution in [0.15, 0.2) is 18.2 Å². The minimum absolute atomic E-state index is 0.0461. The van der Waals surface area contributed by atoms with E-state index in [1.54, 1.807) is 0 Å². The van der Waals surface area contributed by atoms with Crippen molar-refractivity contribution in [3.8, 4) is 0 Å². The number of amides is 1. The topological polar surface area (TPSA) is 38.3 Å². The summed E-state index contributed by atoms with van der Waals surface area (Å²) in [5.41, 5.74) is -0.630. The molecule has 1 aromatic carbocycles. The van der Waals surface area contributed by atoms with Gasteiger partial charge in [0.25, 0.3) is 0 Å². The van der Waals surface area contributed by atoms with Crippen molar-refractivity contribution in [2.75, 3.05) is 12.4 Å². The number of aryl methyl sites for hydroxylation is 1. The van der Waals surface area contributed by atoms with Crippen molar-refractivity contribution >= 4 is 11.8 Å². The molecule has 0 atom stereocenters. The lowest BCUT2D eigenvalue weighted by molar-refractivity contribution is -0.138. The van der Waals surface area contributed by atoms with E-state index >= 15 is 0 Å². The first-order valence-electron chi connectivity index (χ1n) is 4.37. The molecule has 0 aliphatic carbocycles. The number of benzene rings is 1. The Labute approximate surface area is 90.2 Å². The van der Waals surface area contributed by atoms with Gasteiger partial charge in [0.15, 0.2) is 0 Å². The Balaban J connectivity index is 3.03. The van der Waals surface area contributed by atoms with Crippen molar-refractivity contribution in [1.29, 1.82) is 0 Å². The Morgan fingerprint density at radius 2 is 2.00 bits per heavy atom. The van der Waals surface area contributed by atoms with Crippen molar-refractivity contribution in [3.63, 3.8) is 0 Å². The summed E-state index contributed by atoms with van der Waals surface area (Å²) < 4.78 is 41.8. The van der Waals surface area contributed by atoms with Crippen LogP contribution in [0.4, 0.5) is 23.7 Å². The number of nitrogens with one attached hydrogen (secondary N) is 1. The predicted molar refractivity (Wildman–Crippen MR) is 52.2 cm³/mol. The Morgan fingerprint density at radius 1 is 1.38 bits per heavy atom. The van der Waals surface area contributed by atoms with E-state index in [1.807, 2.05) is 0 Å². The van der Waals surface area contributed by atoms with Gasteiger partial charge in [0.1, 0.15) is 0 Å². The largest absolute Gasteiger partial charge is 0.453 e. The smallest absolute Gasteiger partial charge is 0.416 e. The number of rotatable bonds is 1. The molecule has 88 valence electrons. The number of hydrogen-bond donors (Lipinski definition) is 1. The third-order valence-corrected chi connectivity index (χ3v) is 1.97. The number of ether oxygens (including phenoxy) is 1. The fourth-order valence-electron chi connectivity index (χ4n) is 1.17. The Morgan fingerprint density at radius 3 is 2.50 bits per heavy atom. The molecule has 0 bridgehead atoms. The zero-order valence-corrected chi connectivity index (χ0v) is 8.68. The Kier molecular flexibility index (Phi) is 3.41. The lowest BCUT2D eigenvalue weighted by Crippen LogP contribution is -2.13. The van der Waals surface area contributed by atoms with Crippen LogP contribution in [0.3, 0.4) is 0 Å². The second-order valence-corrected chi connectivity index (χ2v) is 3.14. The van der Waals surface area contributed by atoms with E-state index in [0.29, 0.717) is 0 Å². The van der Waals surface area contributed by atoms with Crippen LogP contribution in [-0.4, -0.2) is 13.2 Å². The van der Waals surface area contributed by atoms with E-state index in [9.17, 15) is 18.0 Å². The maximum atomic E-state index is 12.5. The quantitative estimate of drug-likeness (QED) is 0.808. The monoisotopic (exact) mass is 233 g/mol. The van der Waals surface area contributed by atoms with E-state index in [0.717, 1.165) is 13.2 Å². The van der Waals surface area contributed by atoms with Crippen LogP contribution < -0.4 is 5.32 Å². The summed E-state index contributed by atoms with van der Waals surface area (Å²) in [6.07, 6.45) is -5.24. The number of carbonyl (C=O) groups is 1. The highest BCUT2D eigenvalue weighted by Gasteiger charge is 2.32. The van der Waals surface area contributed by atoms with Crippen LogP contribution in [0.1, 0.15) is 11.1 Å². The zero-order valence-electron chi connectivity index (χ0n) is 8.68. The van der Waals surface area contributed by atoms with Crippen LogP contribution >= 0.6 is 0 Å². The first-order chi connectivity index (χ1) is 7.34. The molecule has 1 aromatic rings. The molecular formula is C10H10F3NO2. The SMILES string of the molecule is COC(=O)Nc1ccc(C)c(C(F)(F)F)c1. The molecule has 0 saturated heterocycles. The van der Waals surface area contributed by atoms with Gasteiger partial charge in [-0.25, -0.2) is 4.79 Å². The minimum atomic E-state index is -4.43. The highest BCUT2D eigenvalue weighted by atomic mass is 19.4. The van der Waals surface area contributed by atoms with Gasteiger partial charge < -0.3 is 4.74 Å². The predicted octanol–water partition coefficient (Wildman–Crippen LogP) is 3.19. The van der Waals surface area contributed by atoms with E-state index in [1.165, 1.54) is 19.1 Å². The molecule has 0 unspecified atom stereocenters. The third-order valence-electron chi connectivity index (χ3n) is 1.97. The fourth-order valence-corrected chi connectivity index (χ4v) is 1.17. The molecule has 0 aliphatic heterocycles. The van der Waals surface area contributed by atoms with Gasteiger partial charge in [-0.15, -0.1) is 0 Å². The van der Waals surface area contributed by atoms with Gasteiger partial charge in [-0.1, -0.05) is 6.07 Å². The van der Waals surface area contributed by atoms with Gasteiger partial charge in [-0.05, 0) is 24.6 Å². The molecule has 0 saturated carbocycles. The number of hydrogen-bond acceptors (Lipinski definition) is 2. The summed E-state index contributed by atoms with van der Waals surface area (Å²) in [5, 5.41) is 2.17. The molecule has 0 aliphatic rings. The molecule has 3 nitrogen and oxygen atoms in total. The maximum absolute atomic E-state index is 12.5. The van der Waals surface area contributed by atoms with E-state index < -0.39 is 17.8 Å². The average Bonchev–Trinajstić information content (AvgIpc) is 2.19. The van der Waals surface area contributed by atoms with Crippen molar-refractivity contribution in [3.05, 3.63) is 29.3 Å². The molecule has 0 aromatic heterocycles. The number of carbonyl (C=O) groups excluding carboxylic acids is 1. The number of halogens is 3. The molecule has 0 heterocycles. The summed E-state index contributed by atoms with van der Waals surface area (Å²) in [6.45, 7) is 1.35. The second kappa shape index (κ2) is 4.42. The Bertz CT molecular complexity index is 402. The number of alkyl halides is 3. The average molecular weight is 233 g/mol. The second-order valence-electron chi connectivity index (χ2n) is 3.14. The van der Waals surface area contributed by atoms with Crippen molar-refractivity contribution in [1.82, 2.24) is 0 Å². The van der Waals surface area contributed by atoms with Crippen LogP contribution in [0.2, 0.25) is 0 Å². The van der Waals surface area contributed by atoms with E-state index in [4.69, 9.17) is 0 Å². The van der Waals surface area contributed by atoms with Gasteiger partial charge in [-0.3, -0.25) is 5.32 Å². The van der Waals surface area contributed by atoms with Gasteiger partial charge in [0.2, 0.25) is 0 Å². The van der Waals surface area contributed by atoms with Gasteiger partial charge in [0.05, 0.1) is 12.7 Å². The molecule has 16 heavy (non-hydrogen) atoms. The summed E-state index contributed by atoms with van der Waals surface area (Å²) in [7, 11) is 1.13. The molecule has 1 rings (SSSR count). The van der Waals surface area contributed by atoms with E-state index in [-0.39, 0.29) is 11.3 Å². The molecule has 6 heteroatoms. The summed E-state index contributed by atoms with van der Waals surface area (Å²) >= 11 is 0. The highest BCUT2D eigenvalue weighted by molar-refractivity contribution is 5.84.